The third kappa shape index (κ3) is 3.20. The smallest absolute Gasteiger partial charge is 0.200 e. The van der Waals surface area contributed by atoms with E-state index < -0.39 is 0 Å². The minimum atomic E-state index is 0. The topological polar surface area (TPSA) is 43.8 Å². The van der Waals surface area contributed by atoms with Crippen molar-refractivity contribution in [3.63, 3.8) is 0 Å². The fraction of sp³-hybridized carbons (Fsp3) is 0.300. The van der Waals surface area contributed by atoms with Crippen LogP contribution in [0.15, 0.2) is 18.2 Å². The Morgan fingerprint density at radius 2 is 1.93 bits per heavy atom. The van der Waals surface area contributed by atoms with Gasteiger partial charge in [0.2, 0.25) is 5.95 Å². The molecule has 15 heavy (non-hydrogen) atoms. The van der Waals surface area contributed by atoms with E-state index in [1.165, 1.54) is 5.56 Å². The Labute approximate surface area is 114 Å². The van der Waals surface area contributed by atoms with Crippen LogP contribution in [0, 0.1) is 6.92 Å². The van der Waals surface area contributed by atoms with Crippen molar-refractivity contribution in [1.82, 2.24) is 9.55 Å². The van der Waals surface area contributed by atoms with Crippen LogP contribution in [0.25, 0.3) is 11.0 Å². The van der Waals surface area contributed by atoms with Crippen molar-refractivity contribution in [2.75, 3.05) is 5.73 Å². The molecular weight excluding hydrogens is 416 g/mol. The number of aromatic nitrogens is 2. The third-order valence-corrected chi connectivity index (χ3v) is 2.07. The van der Waals surface area contributed by atoms with Gasteiger partial charge < -0.3 is 10.3 Å². The minimum Gasteiger partial charge on any atom is -0.369 e. The van der Waals surface area contributed by atoms with E-state index in [9.17, 15) is 0 Å². The highest BCUT2D eigenvalue weighted by Gasteiger charge is 2.02. The van der Waals surface area contributed by atoms with Crippen molar-refractivity contribution in [2.45, 2.75) is 14.4 Å². The molecule has 84 valence electrons. The van der Waals surface area contributed by atoms with Crippen LogP contribution in [0.2, 0.25) is 0 Å². The SMILES string of the molecule is C.Cc1ccc2c(c1)nc(N)n2C.II. The van der Waals surface area contributed by atoms with Crippen molar-refractivity contribution < 1.29 is 0 Å². The zero-order valence-electron chi connectivity index (χ0n) is 7.96. The van der Waals surface area contributed by atoms with E-state index in [0.29, 0.717) is 5.95 Å². The summed E-state index contributed by atoms with van der Waals surface area (Å²) in [7, 11) is 1.92. The molecule has 0 aliphatic rings. The van der Waals surface area contributed by atoms with Crippen LogP contribution in [0.3, 0.4) is 0 Å². The molecule has 1 aromatic carbocycles. The predicted molar refractivity (Wildman–Crippen MR) is 84.6 cm³/mol. The molecule has 0 aliphatic heterocycles. The van der Waals surface area contributed by atoms with Gasteiger partial charge in [-0.1, -0.05) is 13.5 Å². The maximum Gasteiger partial charge on any atom is 0.200 e. The minimum absolute atomic E-state index is 0. The summed E-state index contributed by atoms with van der Waals surface area (Å²) in [5.74, 6) is 0.565. The van der Waals surface area contributed by atoms with E-state index in [2.05, 4.69) is 48.3 Å². The van der Waals surface area contributed by atoms with Gasteiger partial charge in [0.05, 0.1) is 11.0 Å². The second-order valence-electron chi connectivity index (χ2n) is 3.02. The average molecular weight is 431 g/mol. The van der Waals surface area contributed by atoms with E-state index in [1.54, 1.807) is 0 Å². The first-order valence-corrected chi connectivity index (χ1v) is 10.3. The number of benzene rings is 1. The lowest BCUT2D eigenvalue weighted by atomic mass is 10.2. The van der Waals surface area contributed by atoms with Crippen LogP contribution in [0.5, 0.6) is 0 Å². The molecule has 5 heteroatoms. The Bertz CT molecular complexity index is 437. The third-order valence-electron chi connectivity index (χ3n) is 2.07. The number of aryl methyl sites for hydroxylation is 2. The van der Waals surface area contributed by atoms with Gasteiger partial charge in [-0.05, 0) is 24.6 Å². The van der Waals surface area contributed by atoms with Gasteiger partial charge >= 0.3 is 0 Å². The molecule has 0 atom stereocenters. The van der Waals surface area contributed by atoms with Crippen LogP contribution in [-0.4, -0.2) is 9.55 Å². The summed E-state index contributed by atoms with van der Waals surface area (Å²) < 4.78 is 1.88. The molecule has 0 saturated carbocycles. The van der Waals surface area contributed by atoms with E-state index in [0.717, 1.165) is 11.0 Å². The normalized spacial score (nSPS) is 9.07. The summed E-state index contributed by atoms with van der Waals surface area (Å²) in [5, 5.41) is 0. The first kappa shape index (κ1) is 14.9. The summed E-state index contributed by atoms with van der Waals surface area (Å²) in [4.78, 5) is 4.21. The summed E-state index contributed by atoms with van der Waals surface area (Å²) in [5.41, 5.74) is 8.91. The lowest BCUT2D eigenvalue weighted by Gasteiger charge is -1.95. The zero-order chi connectivity index (χ0) is 10.7. The second-order valence-corrected chi connectivity index (χ2v) is 3.02. The van der Waals surface area contributed by atoms with Gasteiger partial charge in [-0.2, -0.15) is 0 Å². The Hall–Kier alpha value is -0.0500. The van der Waals surface area contributed by atoms with E-state index in [1.807, 2.05) is 30.7 Å². The van der Waals surface area contributed by atoms with Crippen molar-refractivity contribution in [3.8, 4) is 0 Å². The molecule has 0 spiro atoms. The molecule has 0 amide bonds. The number of rotatable bonds is 0. The van der Waals surface area contributed by atoms with Crippen molar-refractivity contribution in [2.24, 2.45) is 7.05 Å². The lowest BCUT2D eigenvalue weighted by molar-refractivity contribution is 0.965. The predicted octanol–water partition coefficient (Wildman–Crippen LogP) is 3.87. The summed E-state index contributed by atoms with van der Waals surface area (Å²) in [6, 6.07) is 6.13. The van der Waals surface area contributed by atoms with Gasteiger partial charge in [0.25, 0.3) is 0 Å². The summed E-state index contributed by atoms with van der Waals surface area (Å²) in [6.45, 7) is 2.05. The number of hydrogen-bond acceptors (Lipinski definition) is 2. The highest BCUT2D eigenvalue weighted by Crippen LogP contribution is 2.16. The number of nitrogen functional groups attached to an aromatic ring is 1. The molecule has 3 nitrogen and oxygen atoms in total. The fourth-order valence-corrected chi connectivity index (χ4v) is 1.33. The van der Waals surface area contributed by atoms with E-state index >= 15 is 0 Å². The van der Waals surface area contributed by atoms with Gasteiger partial charge in [0.1, 0.15) is 0 Å². The zero-order valence-corrected chi connectivity index (χ0v) is 12.3. The molecular formula is C10H15I2N3. The molecule has 0 radical (unpaired) electrons. The van der Waals surface area contributed by atoms with Gasteiger partial charge in [-0.15, -0.1) is 0 Å². The summed E-state index contributed by atoms with van der Waals surface area (Å²) >= 11 is 4.24. The maximum absolute atomic E-state index is 5.65. The number of fused-ring (bicyclic) bond motifs is 1. The molecule has 0 unspecified atom stereocenters. The highest BCUT2D eigenvalue weighted by atomic mass is 128. The Kier molecular flexibility index (Phi) is 6.49. The first-order valence-electron chi connectivity index (χ1n) is 4.01. The fourth-order valence-electron chi connectivity index (χ4n) is 1.33. The molecule has 0 fully saturated rings. The quantitative estimate of drug-likeness (QED) is 0.644. The van der Waals surface area contributed by atoms with E-state index in [4.69, 9.17) is 5.73 Å². The number of halogens is 2. The van der Waals surface area contributed by atoms with Crippen molar-refractivity contribution in [3.05, 3.63) is 23.8 Å². The van der Waals surface area contributed by atoms with Gasteiger partial charge in [-0.25, -0.2) is 4.98 Å². The number of nitrogens with two attached hydrogens (primary N) is 1. The molecule has 1 heterocycles. The van der Waals surface area contributed by atoms with Crippen LogP contribution >= 0.6 is 37.2 Å². The molecule has 0 aliphatic carbocycles. The van der Waals surface area contributed by atoms with Crippen LogP contribution in [0.4, 0.5) is 5.95 Å². The van der Waals surface area contributed by atoms with Crippen molar-refractivity contribution in [1.29, 1.82) is 0 Å². The van der Waals surface area contributed by atoms with Gasteiger partial charge in [0, 0.05) is 44.3 Å². The van der Waals surface area contributed by atoms with Crippen LogP contribution in [-0.2, 0) is 7.05 Å². The van der Waals surface area contributed by atoms with Gasteiger partial charge in [0.15, 0.2) is 0 Å². The average Bonchev–Trinajstić information content (AvgIpc) is 2.45. The standard InChI is InChI=1S/C9H11N3.CH4.I2/c1-6-3-4-8-7(5-6)11-9(10)12(8)2;;1-2/h3-5H,1-2H3,(H2,10,11);1H4;. The summed E-state index contributed by atoms with van der Waals surface area (Å²) in [6.07, 6.45) is 0. The van der Waals surface area contributed by atoms with E-state index in [-0.39, 0.29) is 7.43 Å². The highest BCUT2D eigenvalue weighted by molar-refractivity contribution is 15.0. The molecule has 2 aromatic rings. The molecule has 0 saturated heterocycles. The van der Waals surface area contributed by atoms with Crippen LogP contribution < -0.4 is 5.73 Å². The lowest BCUT2D eigenvalue weighted by Crippen LogP contribution is -1.95. The number of nitrogens with zero attached hydrogens (tertiary/aromatic N) is 2. The Morgan fingerprint density at radius 1 is 1.33 bits per heavy atom. The second kappa shape index (κ2) is 6.51. The maximum atomic E-state index is 5.65. The largest absolute Gasteiger partial charge is 0.369 e. The number of imidazole rings is 1. The first-order chi connectivity index (χ1) is 6.68. The monoisotopic (exact) mass is 431 g/mol. The van der Waals surface area contributed by atoms with Crippen LogP contribution in [0.1, 0.15) is 13.0 Å². The molecule has 1 aromatic heterocycles. The number of anilines is 1. The Morgan fingerprint density at radius 3 is 2.53 bits per heavy atom. The molecule has 2 rings (SSSR count). The van der Waals surface area contributed by atoms with Crippen molar-refractivity contribution >= 4 is 54.2 Å². The number of hydrogen-bond donors (Lipinski definition) is 1. The Balaban J connectivity index is 0.000000617. The molecule has 0 bridgehead atoms. The van der Waals surface area contributed by atoms with Gasteiger partial charge in [-0.3, -0.25) is 0 Å². The molecule has 2 N–H and O–H groups in total.